The second-order valence-electron chi connectivity index (χ2n) is 4.05. The summed E-state index contributed by atoms with van der Waals surface area (Å²) >= 11 is 14.0. The zero-order valence-corrected chi connectivity index (χ0v) is 12.7. The van der Waals surface area contributed by atoms with Gasteiger partial charge >= 0.3 is 0 Å². The maximum Gasteiger partial charge on any atom is 0.0637 e. The van der Waals surface area contributed by atoms with Crippen LogP contribution in [-0.2, 0) is 5.75 Å². The molecule has 0 spiro atoms. The Kier molecular flexibility index (Phi) is 5.90. The Bertz CT molecular complexity index is 484. The number of rotatable bonds is 6. The summed E-state index contributed by atoms with van der Waals surface area (Å²) in [6, 6.07) is 15.8. The topological polar surface area (TPSA) is 12.0 Å². The van der Waals surface area contributed by atoms with Crippen molar-refractivity contribution in [1.29, 1.82) is 0 Å². The molecule has 1 nitrogen and oxygen atoms in total. The molecule has 0 radical (unpaired) electrons. The Morgan fingerprint density at radius 2 is 1.58 bits per heavy atom. The van der Waals surface area contributed by atoms with Crippen molar-refractivity contribution in [2.75, 3.05) is 17.6 Å². The zero-order valence-electron chi connectivity index (χ0n) is 10.4. The fraction of sp³-hybridized carbons (Fsp3) is 0.200. The average Bonchev–Trinajstić information content (AvgIpc) is 2.42. The molecule has 0 atom stereocenters. The molecule has 0 saturated heterocycles. The third-order valence-corrected chi connectivity index (χ3v) is 4.36. The first kappa shape index (κ1) is 14.6. The molecule has 0 aliphatic carbocycles. The second kappa shape index (κ2) is 7.68. The Labute approximate surface area is 128 Å². The summed E-state index contributed by atoms with van der Waals surface area (Å²) < 4.78 is 0. The number of hydrogen-bond acceptors (Lipinski definition) is 2. The van der Waals surface area contributed by atoms with Crippen LogP contribution in [0.25, 0.3) is 0 Å². The summed E-state index contributed by atoms with van der Waals surface area (Å²) in [5, 5.41) is 4.93. The molecule has 4 heteroatoms. The van der Waals surface area contributed by atoms with E-state index in [1.807, 2.05) is 54.2 Å². The molecule has 0 aromatic heterocycles. The van der Waals surface area contributed by atoms with Crippen LogP contribution in [0.15, 0.2) is 48.5 Å². The van der Waals surface area contributed by atoms with Crippen molar-refractivity contribution in [2.45, 2.75) is 5.75 Å². The number of nitrogens with one attached hydrogen (secondary N) is 1. The van der Waals surface area contributed by atoms with Gasteiger partial charge in [-0.3, -0.25) is 0 Å². The first-order valence-electron chi connectivity index (χ1n) is 6.07. The molecular formula is C15H15Cl2NS. The van der Waals surface area contributed by atoms with Gasteiger partial charge in [-0.05, 0) is 23.8 Å². The Hall–Kier alpha value is -0.830. The van der Waals surface area contributed by atoms with E-state index in [-0.39, 0.29) is 0 Å². The SMILES string of the molecule is Clc1ccccc1CSCCNc1ccccc1Cl. The highest BCUT2D eigenvalue weighted by atomic mass is 35.5. The van der Waals surface area contributed by atoms with Gasteiger partial charge < -0.3 is 5.32 Å². The van der Waals surface area contributed by atoms with Gasteiger partial charge in [0.2, 0.25) is 0 Å². The molecule has 0 saturated carbocycles. The molecule has 0 heterocycles. The van der Waals surface area contributed by atoms with E-state index in [0.29, 0.717) is 0 Å². The minimum atomic E-state index is 0.763. The first-order valence-corrected chi connectivity index (χ1v) is 7.98. The minimum absolute atomic E-state index is 0.763. The second-order valence-corrected chi connectivity index (χ2v) is 5.97. The van der Waals surface area contributed by atoms with Crippen LogP contribution >= 0.6 is 35.0 Å². The summed E-state index contributed by atoms with van der Waals surface area (Å²) in [6.45, 7) is 0.888. The molecule has 19 heavy (non-hydrogen) atoms. The van der Waals surface area contributed by atoms with Crippen molar-refractivity contribution in [3.63, 3.8) is 0 Å². The van der Waals surface area contributed by atoms with Crippen LogP contribution in [0, 0.1) is 0 Å². The van der Waals surface area contributed by atoms with Gasteiger partial charge in [0.15, 0.2) is 0 Å². The molecule has 2 aromatic carbocycles. The van der Waals surface area contributed by atoms with Gasteiger partial charge in [-0.15, -0.1) is 0 Å². The molecule has 0 bridgehead atoms. The summed E-state index contributed by atoms with van der Waals surface area (Å²) in [4.78, 5) is 0. The molecule has 0 fully saturated rings. The largest absolute Gasteiger partial charge is 0.383 e. The standard InChI is InChI=1S/C15H15Cl2NS/c16-13-6-2-1-5-12(13)11-19-10-9-18-15-8-4-3-7-14(15)17/h1-8,18H,9-11H2. The summed E-state index contributed by atoms with van der Waals surface area (Å²) in [5.74, 6) is 1.94. The lowest BCUT2D eigenvalue weighted by Gasteiger charge is -2.08. The molecule has 0 aliphatic heterocycles. The van der Waals surface area contributed by atoms with Gasteiger partial charge in [-0.25, -0.2) is 0 Å². The molecule has 2 aromatic rings. The number of anilines is 1. The normalized spacial score (nSPS) is 10.4. The van der Waals surface area contributed by atoms with Crippen LogP contribution in [0.1, 0.15) is 5.56 Å². The van der Waals surface area contributed by atoms with Crippen LogP contribution < -0.4 is 5.32 Å². The highest BCUT2D eigenvalue weighted by Gasteiger charge is 2.00. The Morgan fingerprint density at radius 3 is 2.32 bits per heavy atom. The van der Waals surface area contributed by atoms with E-state index >= 15 is 0 Å². The number of para-hydroxylation sites is 1. The number of hydrogen-bond donors (Lipinski definition) is 1. The molecule has 100 valence electrons. The van der Waals surface area contributed by atoms with Crippen molar-refractivity contribution in [1.82, 2.24) is 0 Å². The van der Waals surface area contributed by atoms with Gasteiger partial charge in [-0.2, -0.15) is 11.8 Å². The predicted octanol–water partition coefficient (Wildman–Crippen LogP) is 5.34. The molecular weight excluding hydrogens is 297 g/mol. The fourth-order valence-electron chi connectivity index (χ4n) is 1.66. The minimum Gasteiger partial charge on any atom is -0.383 e. The van der Waals surface area contributed by atoms with Crippen molar-refractivity contribution >= 4 is 40.7 Å². The lowest BCUT2D eigenvalue weighted by molar-refractivity contribution is 1.22. The van der Waals surface area contributed by atoms with Crippen molar-refractivity contribution in [3.05, 3.63) is 64.1 Å². The smallest absolute Gasteiger partial charge is 0.0637 e. The van der Waals surface area contributed by atoms with E-state index in [4.69, 9.17) is 23.2 Å². The first-order chi connectivity index (χ1) is 9.27. The highest BCUT2D eigenvalue weighted by molar-refractivity contribution is 7.98. The molecule has 0 aliphatic rings. The maximum atomic E-state index is 6.11. The van der Waals surface area contributed by atoms with E-state index in [1.54, 1.807) is 0 Å². The number of benzene rings is 2. The predicted molar refractivity (Wildman–Crippen MR) is 87.6 cm³/mol. The lowest BCUT2D eigenvalue weighted by Crippen LogP contribution is -2.04. The number of thioether (sulfide) groups is 1. The quantitative estimate of drug-likeness (QED) is 0.723. The van der Waals surface area contributed by atoms with E-state index in [0.717, 1.165) is 33.8 Å². The third kappa shape index (κ3) is 4.64. The van der Waals surface area contributed by atoms with E-state index in [9.17, 15) is 0 Å². The van der Waals surface area contributed by atoms with E-state index in [2.05, 4.69) is 11.4 Å². The Morgan fingerprint density at radius 1 is 0.895 bits per heavy atom. The average molecular weight is 312 g/mol. The molecule has 0 unspecified atom stereocenters. The summed E-state index contributed by atoms with van der Waals surface area (Å²) in [5.41, 5.74) is 2.18. The van der Waals surface area contributed by atoms with Crippen molar-refractivity contribution in [2.24, 2.45) is 0 Å². The van der Waals surface area contributed by atoms with Crippen LogP contribution in [0.4, 0.5) is 5.69 Å². The maximum absolute atomic E-state index is 6.11. The highest BCUT2D eigenvalue weighted by Crippen LogP contribution is 2.22. The monoisotopic (exact) mass is 311 g/mol. The fourth-order valence-corrected chi connectivity index (χ4v) is 3.01. The van der Waals surface area contributed by atoms with Gasteiger partial charge in [0, 0.05) is 23.1 Å². The van der Waals surface area contributed by atoms with E-state index < -0.39 is 0 Å². The van der Waals surface area contributed by atoms with Crippen LogP contribution in [0.2, 0.25) is 10.0 Å². The molecule has 2 rings (SSSR count). The van der Waals surface area contributed by atoms with Gasteiger partial charge in [0.1, 0.15) is 0 Å². The third-order valence-electron chi connectivity index (χ3n) is 2.65. The summed E-state index contributed by atoms with van der Waals surface area (Å²) in [6.07, 6.45) is 0. The van der Waals surface area contributed by atoms with Gasteiger partial charge in [-0.1, -0.05) is 53.5 Å². The van der Waals surface area contributed by atoms with Gasteiger partial charge in [0.25, 0.3) is 0 Å². The van der Waals surface area contributed by atoms with Gasteiger partial charge in [0.05, 0.1) is 10.7 Å². The van der Waals surface area contributed by atoms with Crippen LogP contribution in [-0.4, -0.2) is 12.3 Å². The lowest BCUT2D eigenvalue weighted by atomic mass is 10.2. The zero-order chi connectivity index (χ0) is 13.5. The van der Waals surface area contributed by atoms with Crippen molar-refractivity contribution < 1.29 is 0 Å². The van der Waals surface area contributed by atoms with Crippen LogP contribution in [0.3, 0.4) is 0 Å². The Balaban J connectivity index is 1.71. The number of halogens is 2. The molecule has 1 N–H and O–H groups in total. The van der Waals surface area contributed by atoms with E-state index in [1.165, 1.54) is 5.56 Å². The molecule has 0 amide bonds. The summed E-state index contributed by atoms with van der Waals surface area (Å²) in [7, 11) is 0. The van der Waals surface area contributed by atoms with Crippen LogP contribution in [0.5, 0.6) is 0 Å². The van der Waals surface area contributed by atoms with Crippen molar-refractivity contribution in [3.8, 4) is 0 Å².